The summed E-state index contributed by atoms with van der Waals surface area (Å²) in [7, 11) is -6.27. The summed E-state index contributed by atoms with van der Waals surface area (Å²) in [6, 6.07) is 0. The van der Waals surface area contributed by atoms with E-state index in [2.05, 4.69) is 67.7 Å². The lowest BCUT2D eigenvalue weighted by atomic mass is 10.2. The predicted octanol–water partition coefficient (Wildman–Crippen LogP) is 5.08. The lowest BCUT2D eigenvalue weighted by molar-refractivity contribution is 0.304. The van der Waals surface area contributed by atoms with Gasteiger partial charge in [0.15, 0.2) is 16.6 Å². The highest BCUT2D eigenvalue weighted by molar-refractivity contribution is 7.92. The van der Waals surface area contributed by atoms with Crippen LogP contribution >= 0.6 is 0 Å². The summed E-state index contributed by atoms with van der Waals surface area (Å²) in [6.07, 6.45) is 0. The molecular weight excluding hydrogens is 342 g/mol. The van der Waals surface area contributed by atoms with Crippen LogP contribution in [0.3, 0.4) is 0 Å². The molecule has 0 heterocycles. The second-order valence-electron chi connectivity index (χ2n) is 9.44. The molecule has 0 atom stereocenters. The molecule has 0 aliphatic carbocycles. The van der Waals surface area contributed by atoms with E-state index in [4.69, 9.17) is 13.6 Å². The largest absolute Gasteiger partial charge is 0.416 e. The van der Waals surface area contributed by atoms with E-state index < -0.39 is 26.4 Å². The molecule has 0 aromatic carbocycles. The molecule has 0 saturated heterocycles. The van der Waals surface area contributed by atoms with Crippen LogP contribution < -0.4 is 0 Å². The number of hydrogen-bond donors (Lipinski definition) is 1. The number of nitrogens with one attached hydrogen (secondary N) is 1. The predicted molar refractivity (Wildman–Crippen MR) is 107 cm³/mol. The summed E-state index contributed by atoms with van der Waals surface area (Å²) < 4.78 is 32.5. The number of rotatable bonds is 8. The maximum absolute atomic E-state index is 12.4. The molecular formula is C16H39NO3SSi2. The van der Waals surface area contributed by atoms with E-state index in [0.29, 0.717) is 24.7 Å². The van der Waals surface area contributed by atoms with Crippen molar-refractivity contribution in [3.8, 4) is 0 Å². The van der Waals surface area contributed by atoms with Gasteiger partial charge in [0.1, 0.15) is 0 Å². The molecule has 0 aliphatic rings. The molecule has 0 rings (SSSR count). The summed E-state index contributed by atoms with van der Waals surface area (Å²) >= 11 is 0. The quantitative estimate of drug-likeness (QED) is 0.597. The minimum Gasteiger partial charge on any atom is -0.416 e. The Labute approximate surface area is 147 Å². The first-order chi connectivity index (χ1) is 9.91. The lowest BCUT2D eigenvalue weighted by Crippen LogP contribution is -2.42. The number of hydrogen-bond acceptors (Lipinski definition) is 4. The average molecular weight is 382 g/mol. The smallest absolute Gasteiger partial charge is 0.192 e. The van der Waals surface area contributed by atoms with E-state index in [0.717, 1.165) is 0 Å². The third-order valence-electron chi connectivity index (χ3n) is 5.36. The first-order valence-corrected chi connectivity index (χ1v) is 16.1. The maximum Gasteiger partial charge on any atom is 0.192 e. The van der Waals surface area contributed by atoms with Crippen LogP contribution in [0.5, 0.6) is 0 Å². The van der Waals surface area contributed by atoms with Crippen molar-refractivity contribution in [2.45, 2.75) is 77.8 Å². The topological polar surface area (TPSA) is 59.4 Å². The van der Waals surface area contributed by atoms with E-state index in [1.165, 1.54) is 0 Å². The fraction of sp³-hybridized carbons (Fsp3) is 1.00. The van der Waals surface area contributed by atoms with Gasteiger partial charge in [-0.2, -0.15) is 0 Å². The first kappa shape index (κ1) is 23.3. The minimum atomic E-state index is -2.62. The highest BCUT2D eigenvalue weighted by Crippen LogP contribution is 2.37. The van der Waals surface area contributed by atoms with Crippen LogP contribution in [0.4, 0.5) is 0 Å². The van der Waals surface area contributed by atoms with Crippen LogP contribution in [0.1, 0.15) is 41.5 Å². The van der Waals surface area contributed by atoms with E-state index >= 15 is 0 Å². The third-order valence-corrected chi connectivity index (χ3v) is 16.1. The molecule has 1 N–H and O–H groups in total. The van der Waals surface area contributed by atoms with Gasteiger partial charge in [-0.15, -0.1) is 0 Å². The fourth-order valence-electron chi connectivity index (χ4n) is 1.40. The van der Waals surface area contributed by atoms with Crippen molar-refractivity contribution < 1.29 is 13.1 Å². The van der Waals surface area contributed by atoms with Gasteiger partial charge < -0.3 is 8.85 Å². The molecule has 0 aliphatic heterocycles. The van der Waals surface area contributed by atoms with Crippen molar-refractivity contribution in [2.24, 2.45) is 0 Å². The van der Waals surface area contributed by atoms with Crippen molar-refractivity contribution in [3.05, 3.63) is 0 Å². The van der Waals surface area contributed by atoms with Crippen LogP contribution in [0.25, 0.3) is 0 Å². The van der Waals surface area contributed by atoms with Gasteiger partial charge in [0.05, 0.1) is 11.5 Å². The molecule has 140 valence electrons. The summed E-state index contributed by atoms with van der Waals surface area (Å²) in [5.74, 6) is 0.612. The highest BCUT2D eigenvalue weighted by atomic mass is 32.2. The molecule has 0 aromatic rings. The SMILES string of the molecule is CC(C)(C)[Si](C)(C)OCCS(=N)(=O)CCO[Si](C)(C)C(C)(C)C. The Morgan fingerprint density at radius 3 is 1.26 bits per heavy atom. The van der Waals surface area contributed by atoms with Crippen molar-refractivity contribution in [1.29, 1.82) is 4.78 Å². The van der Waals surface area contributed by atoms with Crippen molar-refractivity contribution in [1.82, 2.24) is 0 Å². The van der Waals surface area contributed by atoms with Gasteiger partial charge in [0.25, 0.3) is 0 Å². The Kier molecular flexibility index (Phi) is 7.78. The van der Waals surface area contributed by atoms with Gasteiger partial charge in [0.2, 0.25) is 0 Å². The molecule has 7 heteroatoms. The van der Waals surface area contributed by atoms with Crippen molar-refractivity contribution in [3.63, 3.8) is 0 Å². The molecule has 4 nitrogen and oxygen atoms in total. The van der Waals surface area contributed by atoms with Gasteiger partial charge >= 0.3 is 0 Å². The summed E-state index contributed by atoms with van der Waals surface area (Å²) in [6.45, 7) is 22.7. The molecule has 0 amide bonds. The van der Waals surface area contributed by atoms with E-state index in [9.17, 15) is 4.21 Å². The Morgan fingerprint density at radius 1 is 0.783 bits per heavy atom. The minimum absolute atomic E-state index is 0.140. The zero-order valence-electron chi connectivity index (χ0n) is 17.0. The van der Waals surface area contributed by atoms with Crippen LogP contribution in [-0.2, 0) is 18.6 Å². The molecule has 0 spiro atoms. The fourth-order valence-corrected chi connectivity index (χ4v) is 4.69. The van der Waals surface area contributed by atoms with Gasteiger partial charge in [-0.1, -0.05) is 41.5 Å². The van der Waals surface area contributed by atoms with E-state index in [1.807, 2.05) is 0 Å². The summed E-state index contributed by atoms with van der Waals surface area (Å²) in [5, 5.41) is 0.280. The molecule has 0 bridgehead atoms. The van der Waals surface area contributed by atoms with Crippen LogP contribution in [0.15, 0.2) is 0 Å². The van der Waals surface area contributed by atoms with Crippen LogP contribution in [0.2, 0.25) is 36.3 Å². The standard InChI is InChI=1S/C16H39NO3SSi2/c1-15(2,3)22(7,8)19-11-13-21(17,18)14-12-20-23(9,10)16(4,5)6/h17H,11-14H2,1-10H3. The molecule has 0 saturated carbocycles. The molecule has 0 fully saturated rings. The molecule has 0 unspecified atom stereocenters. The van der Waals surface area contributed by atoms with Crippen molar-refractivity contribution in [2.75, 3.05) is 24.7 Å². The van der Waals surface area contributed by atoms with Gasteiger partial charge in [-0.25, -0.2) is 4.21 Å². The molecule has 0 radical (unpaired) electrons. The maximum atomic E-state index is 12.4. The Hall–Kier alpha value is 0.304. The Morgan fingerprint density at radius 2 is 1.04 bits per heavy atom. The monoisotopic (exact) mass is 381 g/mol. The zero-order chi connectivity index (χ0) is 18.7. The summed E-state index contributed by atoms with van der Waals surface area (Å²) in [5.41, 5.74) is 0. The van der Waals surface area contributed by atoms with Gasteiger partial charge in [0, 0.05) is 22.9 Å². The zero-order valence-corrected chi connectivity index (χ0v) is 19.8. The highest BCUT2D eigenvalue weighted by Gasteiger charge is 2.38. The first-order valence-electron chi connectivity index (χ1n) is 8.43. The molecule has 0 aromatic heterocycles. The summed E-state index contributed by atoms with van der Waals surface area (Å²) in [4.78, 5) is 0. The Bertz CT molecular complexity index is 437. The van der Waals surface area contributed by atoms with Gasteiger partial charge in [-0.05, 0) is 36.3 Å². The lowest BCUT2D eigenvalue weighted by Gasteiger charge is -2.36. The third kappa shape index (κ3) is 7.81. The Balaban J connectivity index is 4.38. The van der Waals surface area contributed by atoms with Gasteiger partial charge in [-0.3, -0.25) is 4.78 Å². The van der Waals surface area contributed by atoms with E-state index in [1.54, 1.807) is 0 Å². The second-order valence-corrected chi connectivity index (χ2v) is 21.5. The van der Waals surface area contributed by atoms with E-state index in [-0.39, 0.29) is 10.1 Å². The van der Waals surface area contributed by atoms with Crippen LogP contribution in [-0.4, -0.2) is 45.6 Å². The molecule has 23 heavy (non-hydrogen) atoms. The van der Waals surface area contributed by atoms with Crippen LogP contribution in [0, 0.1) is 4.78 Å². The normalized spacial score (nSPS) is 15.0. The van der Waals surface area contributed by atoms with Crippen molar-refractivity contribution >= 4 is 26.4 Å². The second kappa shape index (κ2) is 7.68. The average Bonchev–Trinajstić information content (AvgIpc) is 2.24.